The molecule has 16 heavy (non-hydrogen) atoms. The number of carbonyl (C=O) groups is 1. The second kappa shape index (κ2) is 5.16. The van der Waals surface area contributed by atoms with Crippen LogP contribution in [0.4, 0.5) is 0 Å². The minimum Gasteiger partial charge on any atom is -0.497 e. The minimum atomic E-state index is -1.70. The van der Waals surface area contributed by atoms with Crippen molar-refractivity contribution in [2.75, 3.05) is 7.11 Å². The first-order chi connectivity index (χ1) is 7.47. The second-order valence-corrected chi connectivity index (χ2v) is 3.59. The molecule has 0 saturated carbocycles. The number of carbonyl (C=O) groups excluding carboxylic acids is 1. The summed E-state index contributed by atoms with van der Waals surface area (Å²) in [6.45, 7) is 0. The Morgan fingerprint density at radius 2 is 2.12 bits per heavy atom. The van der Waals surface area contributed by atoms with Crippen molar-refractivity contribution in [1.82, 2.24) is 0 Å². The maximum atomic E-state index is 10.7. The van der Waals surface area contributed by atoms with E-state index in [1.807, 2.05) is 0 Å². The molecule has 2 unspecified atom stereocenters. The Balaban J connectivity index is 3.06. The number of aliphatic hydroxyl groups excluding tert-OH is 2. The van der Waals surface area contributed by atoms with E-state index in [4.69, 9.17) is 22.1 Å². The van der Waals surface area contributed by atoms with Gasteiger partial charge >= 0.3 is 0 Å². The number of rotatable bonds is 4. The van der Waals surface area contributed by atoms with Crippen molar-refractivity contribution >= 4 is 17.5 Å². The summed E-state index contributed by atoms with van der Waals surface area (Å²) in [5.41, 5.74) is 5.06. The fourth-order valence-corrected chi connectivity index (χ4v) is 1.43. The zero-order chi connectivity index (χ0) is 12.3. The van der Waals surface area contributed by atoms with Crippen LogP contribution in [0.15, 0.2) is 18.2 Å². The molecule has 1 aromatic rings. The number of nitrogens with two attached hydrogens (primary N) is 1. The summed E-state index contributed by atoms with van der Waals surface area (Å²) < 4.78 is 4.93. The molecule has 2 atom stereocenters. The third-order valence-corrected chi connectivity index (χ3v) is 2.46. The van der Waals surface area contributed by atoms with E-state index in [0.29, 0.717) is 5.75 Å². The first kappa shape index (κ1) is 12.8. The Hall–Kier alpha value is -1.30. The average Bonchev–Trinajstić information content (AvgIpc) is 2.27. The molecule has 0 bridgehead atoms. The average molecular weight is 246 g/mol. The molecule has 0 aliphatic carbocycles. The van der Waals surface area contributed by atoms with Crippen molar-refractivity contribution in [3.63, 3.8) is 0 Å². The van der Waals surface area contributed by atoms with Gasteiger partial charge in [0, 0.05) is 10.6 Å². The molecule has 0 aliphatic rings. The molecular formula is C10H12ClNO4. The van der Waals surface area contributed by atoms with Crippen LogP contribution in [-0.2, 0) is 4.79 Å². The minimum absolute atomic E-state index is 0.187. The van der Waals surface area contributed by atoms with Crippen LogP contribution in [0, 0.1) is 0 Å². The zero-order valence-corrected chi connectivity index (χ0v) is 9.31. The summed E-state index contributed by atoms with van der Waals surface area (Å²) in [6, 6.07) is 4.51. The monoisotopic (exact) mass is 245 g/mol. The largest absolute Gasteiger partial charge is 0.497 e. The number of aliphatic hydroxyl groups is 2. The van der Waals surface area contributed by atoms with E-state index in [9.17, 15) is 15.0 Å². The molecule has 1 aromatic carbocycles. The molecule has 1 rings (SSSR count). The van der Waals surface area contributed by atoms with Crippen molar-refractivity contribution in [1.29, 1.82) is 0 Å². The fraction of sp³-hybridized carbons (Fsp3) is 0.300. The van der Waals surface area contributed by atoms with Crippen LogP contribution in [0.5, 0.6) is 5.75 Å². The van der Waals surface area contributed by atoms with Crippen LogP contribution < -0.4 is 10.5 Å². The predicted octanol–water partition coefficient (Wildman–Crippen LogP) is 0.228. The summed E-state index contributed by atoms with van der Waals surface area (Å²) in [7, 11) is 1.45. The van der Waals surface area contributed by atoms with E-state index in [-0.39, 0.29) is 10.6 Å². The Labute approximate surface area is 97.4 Å². The second-order valence-electron chi connectivity index (χ2n) is 3.18. The molecule has 4 N–H and O–H groups in total. The van der Waals surface area contributed by atoms with Gasteiger partial charge in [-0.05, 0) is 18.2 Å². The fourth-order valence-electron chi connectivity index (χ4n) is 1.20. The van der Waals surface area contributed by atoms with Gasteiger partial charge in [0.2, 0.25) is 5.91 Å². The molecule has 0 aliphatic heterocycles. The Morgan fingerprint density at radius 3 is 2.62 bits per heavy atom. The third kappa shape index (κ3) is 2.63. The molecule has 0 aromatic heterocycles. The van der Waals surface area contributed by atoms with Crippen LogP contribution in [0.2, 0.25) is 5.02 Å². The molecule has 5 nitrogen and oxygen atoms in total. The van der Waals surface area contributed by atoms with Crippen molar-refractivity contribution in [3.8, 4) is 5.75 Å². The molecule has 1 amide bonds. The molecule has 0 radical (unpaired) electrons. The van der Waals surface area contributed by atoms with Gasteiger partial charge in [0.25, 0.3) is 0 Å². The number of hydrogen-bond donors (Lipinski definition) is 3. The normalized spacial score (nSPS) is 14.2. The van der Waals surface area contributed by atoms with Gasteiger partial charge in [-0.25, -0.2) is 0 Å². The van der Waals surface area contributed by atoms with Crippen molar-refractivity contribution < 1.29 is 19.7 Å². The number of methoxy groups -OCH3 is 1. The highest BCUT2D eigenvalue weighted by Crippen LogP contribution is 2.29. The number of halogens is 1. The molecular weight excluding hydrogens is 234 g/mol. The van der Waals surface area contributed by atoms with E-state index < -0.39 is 18.1 Å². The van der Waals surface area contributed by atoms with Crippen molar-refractivity contribution in [2.24, 2.45) is 5.73 Å². The molecule has 6 heteroatoms. The lowest BCUT2D eigenvalue weighted by molar-refractivity contribution is -0.131. The summed E-state index contributed by atoms with van der Waals surface area (Å²) in [4.78, 5) is 10.7. The molecule has 0 heterocycles. The van der Waals surface area contributed by atoms with Crippen LogP contribution in [0.25, 0.3) is 0 Å². The van der Waals surface area contributed by atoms with Crippen LogP contribution >= 0.6 is 11.6 Å². The number of benzene rings is 1. The van der Waals surface area contributed by atoms with Crippen molar-refractivity contribution in [3.05, 3.63) is 28.8 Å². The van der Waals surface area contributed by atoms with Gasteiger partial charge in [-0.15, -0.1) is 0 Å². The van der Waals surface area contributed by atoms with E-state index in [1.165, 1.54) is 19.2 Å². The van der Waals surface area contributed by atoms with Crippen LogP contribution in [0.3, 0.4) is 0 Å². The maximum Gasteiger partial charge on any atom is 0.249 e. The van der Waals surface area contributed by atoms with Crippen LogP contribution in [0.1, 0.15) is 11.7 Å². The third-order valence-electron chi connectivity index (χ3n) is 2.11. The lowest BCUT2D eigenvalue weighted by Gasteiger charge is -2.17. The lowest BCUT2D eigenvalue weighted by atomic mass is 10.0. The van der Waals surface area contributed by atoms with E-state index in [0.717, 1.165) is 0 Å². The molecule has 0 saturated heterocycles. The zero-order valence-electron chi connectivity index (χ0n) is 8.55. The van der Waals surface area contributed by atoms with Gasteiger partial charge in [0.1, 0.15) is 11.9 Å². The summed E-state index contributed by atoms with van der Waals surface area (Å²) in [5, 5.41) is 19.2. The van der Waals surface area contributed by atoms with E-state index in [1.54, 1.807) is 6.07 Å². The quantitative estimate of drug-likeness (QED) is 0.708. The molecule has 0 fully saturated rings. The summed E-state index contributed by atoms with van der Waals surface area (Å²) >= 11 is 5.82. The highest BCUT2D eigenvalue weighted by atomic mass is 35.5. The van der Waals surface area contributed by atoms with Gasteiger partial charge in [-0.3, -0.25) is 4.79 Å². The van der Waals surface area contributed by atoms with Crippen molar-refractivity contribution in [2.45, 2.75) is 12.2 Å². The van der Waals surface area contributed by atoms with Crippen LogP contribution in [-0.4, -0.2) is 29.3 Å². The SMILES string of the molecule is COc1ccc(Cl)c(C(O)C(O)C(N)=O)c1. The summed E-state index contributed by atoms with van der Waals surface area (Å²) in [5.74, 6) is -0.568. The van der Waals surface area contributed by atoms with Gasteiger partial charge in [-0.1, -0.05) is 11.6 Å². The Kier molecular flexibility index (Phi) is 4.12. The lowest BCUT2D eigenvalue weighted by Crippen LogP contribution is -2.34. The Bertz CT molecular complexity index is 396. The number of amides is 1. The maximum absolute atomic E-state index is 10.7. The molecule has 88 valence electrons. The summed E-state index contributed by atoms with van der Waals surface area (Å²) in [6.07, 6.45) is -3.18. The topological polar surface area (TPSA) is 92.8 Å². The predicted molar refractivity (Wildman–Crippen MR) is 58.2 cm³/mol. The van der Waals surface area contributed by atoms with Gasteiger partial charge < -0.3 is 20.7 Å². The first-order valence-electron chi connectivity index (χ1n) is 4.46. The number of hydrogen-bond acceptors (Lipinski definition) is 4. The van der Waals surface area contributed by atoms with Gasteiger partial charge in [-0.2, -0.15) is 0 Å². The molecule has 0 spiro atoms. The van der Waals surface area contributed by atoms with Gasteiger partial charge in [0.05, 0.1) is 7.11 Å². The standard InChI is InChI=1S/C10H12ClNO4/c1-16-5-2-3-7(11)6(4-5)8(13)9(14)10(12)15/h2-4,8-9,13-14H,1H3,(H2,12,15). The highest BCUT2D eigenvalue weighted by molar-refractivity contribution is 6.31. The van der Waals surface area contributed by atoms with E-state index in [2.05, 4.69) is 0 Å². The number of ether oxygens (including phenoxy) is 1. The van der Waals surface area contributed by atoms with E-state index >= 15 is 0 Å². The highest BCUT2D eigenvalue weighted by Gasteiger charge is 2.25. The number of primary amides is 1. The van der Waals surface area contributed by atoms with Gasteiger partial charge in [0.15, 0.2) is 6.10 Å². The first-order valence-corrected chi connectivity index (χ1v) is 4.84. The smallest absolute Gasteiger partial charge is 0.249 e. The Morgan fingerprint density at radius 1 is 1.50 bits per heavy atom.